The summed E-state index contributed by atoms with van der Waals surface area (Å²) >= 11 is 0. The van der Waals surface area contributed by atoms with E-state index in [9.17, 15) is 9.18 Å². The van der Waals surface area contributed by atoms with E-state index < -0.39 is 0 Å². The third-order valence-electron chi connectivity index (χ3n) is 5.90. The molecule has 4 nitrogen and oxygen atoms in total. The van der Waals surface area contributed by atoms with Gasteiger partial charge in [-0.2, -0.15) is 5.10 Å². The van der Waals surface area contributed by atoms with Gasteiger partial charge in [0.05, 0.1) is 11.7 Å². The van der Waals surface area contributed by atoms with Crippen LogP contribution in [0.15, 0.2) is 54.6 Å². The molecular formula is C23H22FN3O. The maximum Gasteiger partial charge on any atom is 0.275 e. The van der Waals surface area contributed by atoms with E-state index in [-0.39, 0.29) is 17.8 Å². The first kappa shape index (κ1) is 17.2. The van der Waals surface area contributed by atoms with Crippen LogP contribution in [0.25, 0.3) is 5.69 Å². The fourth-order valence-corrected chi connectivity index (χ4v) is 4.57. The number of carbonyl (C=O) groups excluding carboxylic acids is 1. The van der Waals surface area contributed by atoms with Crippen molar-refractivity contribution in [2.45, 2.75) is 38.1 Å². The zero-order valence-corrected chi connectivity index (χ0v) is 15.6. The first-order valence-corrected chi connectivity index (χ1v) is 9.95. The van der Waals surface area contributed by atoms with Crippen molar-refractivity contribution in [2.75, 3.05) is 6.54 Å². The van der Waals surface area contributed by atoms with Gasteiger partial charge in [0.25, 0.3) is 5.91 Å². The summed E-state index contributed by atoms with van der Waals surface area (Å²) in [7, 11) is 0. The topological polar surface area (TPSA) is 38.1 Å². The largest absolute Gasteiger partial charge is 0.330 e. The molecule has 5 heteroatoms. The summed E-state index contributed by atoms with van der Waals surface area (Å²) in [6.45, 7) is 0.760. The van der Waals surface area contributed by atoms with Gasteiger partial charge < -0.3 is 4.90 Å². The van der Waals surface area contributed by atoms with Crippen molar-refractivity contribution < 1.29 is 9.18 Å². The molecule has 2 aliphatic rings. The lowest BCUT2D eigenvalue weighted by Gasteiger charge is -2.24. The number of benzene rings is 2. The molecule has 1 atom stereocenters. The Kier molecular flexibility index (Phi) is 4.23. The lowest BCUT2D eigenvalue weighted by atomic mass is 10.0. The molecule has 1 amide bonds. The average molecular weight is 375 g/mol. The monoisotopic (exact) mass is 375 g/mol. The van der Waals surface area contributed by atoms with E-state index >= 15 is 0 Å². The van der Waals surface area contributed by atoms with Crippen molar-refractivity contribution >= 4 is 5.91 Å². The smallest absolute Gasteiger partial charge is 0.275 e. The number of aromatic nitrogens is 2. The Balaban J connectivity index is 1.52. The zero-order chi connectivity index (χ0) is 19.1. The fourth-order valence-electron chi connectivity index (χ4n) is 4.57. The summed E-state index contributed by atoms with van der Waals surface area (Å²) in [6, 6.07) is 16.7. The van der Waals surface area contributed by atoms with Gasteiger partial charge in [-0.15, -0.1) is 0 Å². The van der Waals surface area contributed by atoms with Crippen LogP contribution in [0, 0.1) is 5.82 Å². The summed E-state index contributed by atoms with van der Waals surface area (Å²) in [4.78, 5) is 15.5. The third-order valence-corrected chi connectivity index (χ3v) is 5.90. The molecule has 1 unspecified atom stereocenters. The number of hydrogen-bond donors (Lipinski definition) is 0. The molecule has 2 heterocycles. The molecule has 1 aliphatic carbocycles. The van der Waals surface area contributed by atoms with E-state index in [0.29, 0.717) is 5.69 Å². The Morgan fingerprint density at radius 3 is 2.57 bits per heavy atom. The van der Waals surface area contributed by atoms with E-state index in [0.717, 1.165) is 55.6 Å². The van der Waals surface area contributed by atoms with Crippen molar-refractivity contribution in [3.63, 3.8) is 0 Å². The minimum atomic E-state index is -0.272. The Hall–Kier alpha value is -2.95. The summed E-state index contributed by atoms with van der Waals surface area (Å²) in [5.74, 6) is -0.253. The van der Waals surface area contributed by atoms with Crippen LogP contribution in [0.1, 0.15) is 52.6 Å². The van der Waals surface area contributed by atoms with Gasteiger partial charge in [0.15, 0.2) is 5.69 Å². The predicted molar refractivity (Wildman–Crippen MR) is 105 cm³/mol. The summed E-state index contributed by atoms with van der Waals surface area (Å²) in [5, 5.41) is 4.71. The fraction of sp³-hybridized carbons (Fsp3) is 0.304. The molecule has 0 saturated carbocycles. The minimum absolute atomic E-state index is 0.0189. The third kappa shape index (κ3) is 2.82. The maximum atomic E-state index is 13.5. The van der Waals surface area contributed by atoms with E-state index in [1.165, 1.54) is 17.7 Å². The molecular weight excluding hydrogens is 353 g/mol. The normalized spacial score (nSPS) is 18.5. The molecule has 1 saturated heterocycles. The first-order chi connectivity index (χ1) is 13.7. The second-order valence-electron chi connectivity index (χ2n) is 7.58. The number of carbonyl (C=O) groups is 1. The number of likely N-dealkylation sites (tertiary alicyclic amines) is 1. The molecule has 0 radical (unpaired) electrons. The predicted octanol–water partition coefficient (Wildman–Crippen LogP) is 4.48. The highest BCUT2D eigenvalue weighted by atomic mass is 19.1. The van der Waals surface area contributed by atoms with Gasteiger partial charge in [-0.1, -0.05) is 30.3 Å². The average Bonchev–Trinajstić information content (AvgIpc) is 3.45. The quantitative estimate of drug-likeness (QED) is 0.677. The van der Waals surface area contributed by atoms with E-state index in [2.05, 4.69) is 12.1 Å². The lowest BCUT2D eigenvalue weighted by Crippen LogP contribution is -2.31. The second-order valence-corrected chi connectivity index (χ2v) is 7.58. The molecule has 3 aromatic rings. The lowest BCUT2D eigenvalue weighted by molar-refractivity contribution is 0.0728. The molecule has 0 spiro atoms. The zero-order valence-electron chi connectivity index (χ0n) is 15.6. The number of nitrogens with zero attached hydrogens (tertiary/aromatic N) is 3. The van der Waals surface area contributed by atoms with Crippen molar-refractivity contribution in [1.82, 2.24) is 14.7 Å². The Bertz CT molecular complexity index is 1010. The first-order valence-electron chi connectivity index (χ1n) is 9.95. The number of amides is 1. The van der Waals surface area contributed by atoms with Gasteiger partial charge in [-0.25, -0.2) is 9.07 Å². The van der Waals surface area contributed by atoms with Crippen molar-refractivity contribution in [1.29, 1.82) is 0 Å². The van der Waals surface area contributed by atoms with Crippen LogP contribution >= 0.6 is 0 Å². The van der Waals surface area contributed by atoms with Crippen LogP contribution in [0.2, 0.25) is 0 Å². The van der Waals surface area contributed by atoms with Crippen LogP contribution in [-0.2, 0) is 12.8 Å². The maximum absolute atomic E-state index is 13.5. The molecule has 0 bridgehead atoms. The number of hydrogen-bond acceptors (Lipinski definition) is 2. The number of fused-ring (bicyclic) bond motifs is 1. The Labute approximate surface area is 163 Å². The van der Waals surface area contributed by atoms with Gasteiger partial charge in [0.2, 0.25) is 0 Å². The molecule has 5 rings (SSSR count). The van der Waals surface area contributed by atoms with Crippen LogP contribution in [-0.4, -0.2) is 27.1 Å². The SMILES string of the molecule is O=C(c1nn(-c2ccc(F)cc2)c2c1CCC2)N1CCCC1c1ccccc1. The van der Waals surface area contributed by atoms with Crippen LogP contribution < -0.4 is 0 Å². The van der Waals surface area contributed by atoms with Gasteiger partial charge in [-0.3, -0.25) is 4.79 Å². The summed E-state index contributed by atoms with van der Waals surface area (Å²) in [5.41, 5.74) is 4.71. The standard InChI is InChI=1S/C23H22FN3O/c24-17-11-13-18(14-12-17)27-21-9-4-8-19(21)22(25-27)23(28)26-15-5-10-20(26)16-6-2-1-3-7-16/h1-3,6-7,11-14,20H,4-5,8-10,15H2. The number of halogens is 1. The Morgan fingerprint density at radius 1 is 1.00 bits per heavy atom. The van der Waals surface area contributed by atoms with Gasteiger partial charge in [-0.05, 0) is 61.9 Å². The Morgan fingerprint density at radius 2 is 1.79 bits per heavy atom. The van der Waals surface area contributed by atoms with Gasteiger partial charge in [0.1, 0.15) is 5.82 Å². The van der Waals surface area contributed by atoms with E-state index in [1.54, 1.807) is 12.1 Å². The van der Waals surface area contributed by atoms with E-state index in [4.69, 9.17) is 5.10 Å². The molecule has 2 aromatic carbocycles. The number of rotatable bonds is 3. The van der Waals surface area contributed by atoms with Crippen molar-refractivity contribution in [3.05, 3.63) is 82.9 Å². The molecule has 142 valence electrons. The summed E-state index contributed by atoms with van der Waals surface area (Å²) in [6.07, 6.45) is 4.79. The van der Waals surface area contributed by atoms with Crippen LogP contribution in [0.5, 0.6) is 0 Å². The second kappa shape index (κ2) is 6.89. The summed E-state index contributed by atoms with van der Waals surface area (Å²) < 4.78 is 15.2. The van der Waals surface area contributed by atoms with Crippen molar-refractivity contribution in [2.24, 2.45) is 0 Å². The van der Waals surface area contributed by atoms with Gasteiger partial charge in [0, 0.05) is 17.8 Å². The van der Waals surface area contributed by atoms with Crippen LogP contribution in [0.4, 0.5) is 4.39 Å². The highest BCUT2D eigenvalue weighted by molar-refractivity contribution is 5.94. The van der Waals surface area contributed by atoms with Gasteiger partial charge >= 0.3 is 0 Å². The highest BCUT2D eigenvalue weighted by Crippen LogP contribution is 2.35. The minimum Gasteiger partial charge on any atom is -0.330 e. The molecule has 1 fully saturated rings. The molecule has 0 N–H and O–H groups in total. The van der Waals surface area contributed by atoms with E-state index in [1.807, 2.05) is 27.8 Å². The van der Waals surface area contributed by atoms with Crippen molar-refractivity contribution in [3.8, 4) is 5.69 Å². The molecule has 28 heavy (non-hydrogen) atoms. The highest BCUT2D eigenvalue weighted by Gasteiger charge is 2.35. The van der Waals surface area contributed by atoms with Crippen LogP contribution in [0.3, 0.4) is 0 Å². The molecule has 1 aromatic heterocycles. The molecule has 1 aliphatic heterocycles.